The molecule has 3 rings (SSSR count). The Morgan fingerprint density at radius 1 is 1.20 bits per heavy atom. The van der Waals surface area contributed by atoms with Crippen LogP contribution in [0.1, 0.15) is 36.4 Å². The summed E-state index contributed by atoms with van der Waals surface area (Å²) in [6.07, 6.45) is 0.641. The van der Waals surface area contributed by atoms with Gasteiger partial charge in [-0.25, -0.2) is 8.42 Å². The number of hydrogen-bond donors (Lipinski definition) is 1. The van der Waals surface area contributed by atoms with E-state index in [4.69, 9.17) is 16.1 Å². The molecular formula is C20H27ClN4O4S. The Kier molecular flexibility index (Phi) is 7.18. The van der Waals surface area contributed by atoms with Gasteiger partial charge in [0.15, 0.2) is 5.76 Å². The van der Waals surface area contributed by atoms with Crippen LogP contribution in [0.4, 0.5) is 0 Å². The lowest BCUT2D eigenvalue weighted by molar-refractivity contribution is -0.122. The van der Waals surface area contributed by atoms with E-state index in [0.29, 0.717) is 49.1 Å². The SMILES string of the molecule is Cc1noc(C)c1S(=O)(=O)N1CCCN(CC(=O)NC(C)c2ccc(Cl)cc2)CC1. The molecule has 1 aromatic carbocycles. The van der Waals surface area contributed by atoms with Crippen LogP contribution in [0.15, 0.2) is 33.7 Å². The van der Waals surface area contributed by atoms with E-state index in [1.54, 1.807) is 26.0 Å². The highest BCUT2D eigenvalue weighted by Crippen LogP contribution is 2.24. The van der Waals surface area contributed by atoms with E-state index in [-0.39, 0.29) is 23.4 Å². The molecule has 2 heterocycles. The van der Waals surface area contributed by atoms with Crippen LogP contribution in [0, 0.1) is 13.8 Å². The van der Waals surface area contributed by atoms with Crippen molar-refractivity contribution in [3.05, 3.63) is 46.3 Å². The number of nitrogens with one attached hydrogen (secondary N) is 1. The largest absolute Gasteiger partial charge is 0.360 e. The summed E-state index contributed by atoms with van der Waals surface area (Å²) >= 11 is 5.91. The van der Waals surface area contributed by atoms with Gasteiger partial charge in [0.1, 0.15) is 10.6 Å². The molecule has 0 aliphatic carbocycles. The smallest absolute Gasteiger partial charge is 0.248 e. The standard InChI is InChI=1S/C20H27ClN4O4S/c1-14(17-5-7-18(21)8-6-17)22-19(26)13-24-9-4-10-25(12-11-24)30(27,28)20-15(2)23-29-16(20)3/h5-8,14H,4,9-13H2,1-3H3,(H,22,26). The van der Waals surface area contributed by atoms with Gasteiger partial charge in [-0.05, 0) is 51.4 Å². The minimum absolute atomic E-state index is 0.0977. The van der Waals surface area contributed by atoms with Crippen LogP contribution in [0.25, 0.3) is 0 Å². The molecule has 1 aliphatic heterocycles. The highest BCUT2D eigenvalue weighted by atomic mass is 35.5. The molecule has 2 aromatic rings. The van der Waals surface area contributed by atoms with Crippen LogP contribution in [-0.4, -0.2) is 61.4 Å². The Labute approximate surface area is 182 Å². The van der Waals surface area contributed by atoms with Crippen molar-refractivity contribution in [1.82, 2.24) is 19.7 Å². The number of carbonyl (C=O) groups excluding carboxylic acids is 1. The first-order valence-electron chi connectivity index (χ1n) is 9.88. The Hall–Kier alpha value is -1.94. The second-order valence-electron chi connectivity index (χ2n) is 7.53. The number of halogens is 1. The van der Waals surface area contributed by atoms with Gasteiger partial charge in [0.25, 0.3) is 0 Å². The van der Waals surface area contributed by atoms with Crippen LogP contribution in [0.5, 0.6) is 0 Å². The molecule has 1 aromatic heterocycles. The molecule has 0 saturated carbocycles. The van der Waals surface area contributed by atoms with Crippen molar-refractivity contribution in [2.45, 2.75) is 38.1 Å². The predicted octanol–water partition coefficient (Wildman–Crippen LogP) is 2.52. The van der Waals surface area contributed by atoms with Gasteiger partial charge in [0.05, 0.1) is 12.6 Å². The van der Waals surface area contributed by atoms with Crippen molar-refractivity contribution in [3.63, 3.8) is 0 Å². The Morgan fingerprint density at radius 3 is 2.53 bits per heavy atom. The van der Waals surface area contributed by atoms with Crippen molar-refractivity contribution < 1.29 is 17.7 Å². The van der Waals surface area contributed by atoms with E-state index < -0.39 is 10.0 Å². The summed E-state index contributed by atoms with van der Waals surface area (Å²) in [5.74, 6) is 0.198. The molecule has 10 heteroatoms. The maximum atomic E-state index is 13.0. The van der Waals surface area contributed by atoms with Crippen LogP contribution in [0.3, 0.4) is 0 Å². The van der Waals surface area contributed by atoms with E-state index in [9.17, 15) is 13.2 Å². The lowest BCUT2D eigenvalue weighted by Crippen LogP contribution is -2.40. The maximum Gasteiger partial charge on any atom is 0.248 e. The van der Waals surface area contributed by atoms with E-state index >= 15 is 0 Å². The molecule has 30 heavy (non-hydrogen) atoms. The number of aromatic nitrogens is 1. The zero-order valence-electron chi connectivity index (χ0n) is 17.4. The number of sulfonamides is 1. The first-order chi connectivity index (χ1) is 14.2. The lowest BCUT2D eigenvalue weighted by Gasteiger charge is -2.22. The number of aryl methyl sites for hydroxylation is 2. The molecule has 1 unspecified atom stereocenters. The van der Waals surface area contributed by atoms with Gasteiger partial charge in [-0.15, -0.1) is 0 Å². The lowest BCUT2D eigenvalue weighted by atomic mass is 10.1. The molecule has 0 radical (unpaired) electrons. The van der Waals surface area contributed by atoms with Gasteiger partial charge in [0.2, 0.25) is 15.9 Å². The number of benzene rings is 1. The van der Waals surface area contributed by atoms with Crippen molar-refractivity contribution in [2.24, 2.45) is 0 Å². The fourth-order valence-electron chi connectivity index (χ4n) is 3.64. The zero-order valence-corrected chi connectivity index (χ0v) is 19.0. The molecule has 1 aliphatic rings. The fourth-order valence-corrected chi connectivity index (χ4v) is 5.53. The number of amides is 1. The van der Waals surface area contributed by atoms with Crippen molar-refractivity contribution in [2.75, 3.05) is 32.7 Å². The minimum Gasteiger partial charge on any atom is -0.360 e. The van der Waals surface area contributed by atoms with Gasteiger partial charge in [-0.3, -0.25) is 9.69 Å². The average Bonchev–Trinajstić information content (AvgIpc) is 2.88. The molecule has 1 atom stereocenters. The molecular weight excluding hydrogens is 428 g/mol. The minimum atomic E-state index is -3.67. The van der Waals surface area contributed by atoms with Crippen molar-refractivity contribution in [3.8, 4) is 0 Å². The fraction of sp³-hybridized carbons (Fsp3) is 0.500. The highest BCUT2D eigenvalue weighted by Gasteiger charge is 2.32. The van der Waals surface area contributed by atoms with Crippen LogP contribution in [0.2, 0.25) is 5.02 Å². The first-order valence-corrected chi connectivity index (χ1v) is 11.7. The Bertz CT molecular complexity index is 971. The zero-order chi connectivity index (χ0) is 21.9. The van der Waals surface area contributed by atoms with Gasteiger partial charge in [-0.2, -0.15) is 4.31 Å². The van der Waals surface area contributed by atoms with E-state index in [2.05, 4.69) is 10.5 Å². The van der Waals surface area contributed by atoms with Crippen LogP contribution in [-0.2, 0) is 14.8 Å². The summed E-state index contributed by atoms with van der Waals surface area (Å²) in [4.78, 5) is 14.6. The maximum absolute atomic E-state index is 13.0. The summed E-state index contributed by atoms with van der Waals surface area (Å²) in [5.41, 5.74) is 1.34. The van der Waals surface area contributed by atoms with E-state index in [1.807, 2.05) is 24.0 Å². The third-order valence-electron chi connectivity index (χ3n) is 5.23. The third-order valence-corrected chi connectivity index (χ3v) is 7.62. The van der Waals surface area contributed by atoms with Gasteiger partial charge >= 0.3 is 0 Å². The van der Waals surface area contributed by atoms with Gasteiger partial charge < -0.3 is 9.84 Å². The molecule has 0 spiro atoms. The number of rotatable bonds is 6. The monoisotopic (exact) mass is 454 g/mol. The molecule has 1 fully saturated rings. The second kappa shape index (κ2) is 9.47. The van der Waals surface area contributed by atoms with Gasteiger partial charge in [0, 0.05) is 24.7 Å². The quantitative estimate of drug-likeness (QED) is 0.720. The molecule has 1 amide bonds. The number of hydrogen-bond acceptors (Lipinski definition) is 6. The first kappa shape index (κ1) is 22.7. The van der Waals surface area contributed by atoms with Crippen molar-refractivity contribution in [1.29, 1.82) is 0 Å². The normalized spacial score (nSPS) is 17.5. The summed E-state index contributed by atoms with van der Waals surface area (Å²) < 4.78 is 32.5. The Morgan fingerprint density at radius 2 is 1.90 bits per heavy atom. The topological polar surface area (TPSA) is 95.8 Å². The molecule has 1 saturated heterocycles. The Balaban J connectivity index is 1.57. The van der Waals surface area contributed by atoms with E-state index in [1.165, 1.54) is 4.31 Å². The molecule has 0 bridgehead atoms. The molecule has 1 N–H and O–H groups in total. The van der Waals surface area contributed by atoms with Crippen LogP contribution < -0.4 is 5.32 Å². The second-order valence-corrected chi connectivity index (χ2v) is 9.84. The highest BCUT2D eigenvalue weighted by molar-refractivity contribution is 7.89. The van der Waals surface area contributed by atoms with Gasteiger partial charge in [-0.1, -0.05) is 28.9 Å². The third kappa shape index (κ3) is 5.21. The number of nitrogens with zero attached hydrogens (tertiary/aromatic N) is 3. The molecule has 8 nitrogen and oxygen atoms in total. The van der Waals surface area contributed by atoms with Crippen molar-refractivity contribution >= 4 is 27.5 Å². The summed E-state index contributed by atoms with van der Waals surface area (Å²) in [5, 5.41) is 7.40. The summed E-state index contributed by atoms with van der Waals surface area (Å²) in [6, 6.07) is 7.22. The van der Waals surface area contributed by atoms with Crippen LogP contribution >= 0.6 is 11.6 Å². The summed E-state index contributed by atoms with van der Waals surface area (Å²) in [6.45, 7) is 7.20. The summed E-state index contributed by atoms with van der Waals surface area (Å²) in [7, 11) is -3.67. The van der Waals surface area contributed by atoms with E-state index in [0.717, 1.165) is 5.56 Å². The predicted molar refractivity (Wildman–Crippen MR) is 114 cm³/mol. The average molecular weight is 455 g/mol. The molecule has 164 valence electrons. The number of carbonyl (C=O) groups is 1.